The maximum atomic E-state index is 12.0. The van der Waals surface area contributed by atoms with Crippen LogP contribution in [-0.2, 0) is 9.53 Å². The summed E-state index contributed by atoms with van der Waals surface area (Å²) in [5.74, 6) is -0.292. The van der Waals surface area contributed by atoms with Crippen molar-refractivity contribution in [2.45, 2.75) is 79.4 Å². The highest BCUT2D eigenvalue weighted by atomic mass is 16.5. The third kappa shape index (κ3) is 7.62. The van der Waals surface area contributed by atoms with Crippen molar-refractivity contribution in [1.82, 2.24) is 0 Å². The Bertz CT molecular complexity index is 1660. The van der Waals surface area contributed by atoms with E-state index in [1.165, 1.54) is 44.8 Å². The monoisotopic (exact) mass is 629 g/mol. The van der Waals surface area contributed by atoms with Crippen LogP contribution in [0, 0.1) is 6.92 Å². The molecule has 246 valence electrons. The van der Waals surface area contributed by atoms with E-state index in [0.717, 1.165) is 63.1 Å². The molecule has 0 atom stereocenters. The van der Waals surface area contributed by atoms with Crippen LogP contribution in [0.5, 0.6) is 0 Å². The van der Waals surface area contributed by atoms with Crippen LogP contribution >= 0.6 is 0 Å². The van der Waals surface area contributed by atoms with E-state index in [0.29, 0.717) is 5.57 Å². The van der Waals surface area contributed by atoms with Gasteiger partial charge in [-0.05, 0) is 131 Å². The minimum absolute atomic E-state index is 0.0496. The summed E-state index contributed by atoms with van der Waals surface area (Å²) in [4.78, 5) is 22.1. The summed E-state index contributed by atoms with van der Waals surface area (Å²) in [6.45, 7) is 20.4. The molecule has 5 heteroatoms. The number of hydrogen-bond donors (Lipinski definition) is 0. The molecule has 0 aliphatic heterocycles. The van der Waals surface area contributed by atoms with Gasteiger partial charge in [0.05, 0.1) is 11.8 Å². The number of ether oxygens (including phenoxy) is 1. The van der Waals surface area contributed by atoms with Crippen LogP contribution in [-0.4, -0.2) is 50.0 Å². The largest absolute Gasteiger partial charge is 0.459 e. The molecular weight excluding hydrogens is 578 g/mol. The molecule has 0 radical (unpaired) electrons. The van der Waals surface area contributed by atoms with Crippen molar-refractivity contribution in [3.8, 4) is 0 Å². The lowest BCUT2D eigenvalue weighted by molar-refractivity contribution is -0.145. The lowest BCUT2D eigenvalue weighted by atomic mass is 9.82. The van der Waals surface area contributed by atoms with Gasteiger partial charge in [0.1, 0.15) is 6.10 Å². The molecule has 3 aromatic rings. The van der Waals surface area contributed by atoms with Gasteiger partial charge >= 0.3 is 5.97 Å². The number of aliphatic imine (C=N–C) groups is 1. The van der Waals surface area contributed by atoms with Gasteiger partial charge in [0.2, 0.25) is 0 Å². The number of carbonyl (C=O) groups excluding carboxylic acids is 1. The van der Waals surface area contributed by atoms with Crippen molar-refractivity contribution in [2.75, 3.05) is 36.0 Å². The molecule has 3 aromatic carbocycles. The molecule has 0 spiro atoms. The van der Waals surface area contributed by atoms with E-state index < -0.39 is 0 Å². The summed E-state index contributed by atoms with van der Waals surface area (Å²) in [6, 6.07) is 24.9. The minimum atomic E-state index is -0.292. The van der Waals surface area contributed by atoms with E-state index in [9.17, 15) is 4.79 Å². The quantitative estimate of drug-likeness (QED) is 0.157. The Morgan fingerprint density at radius 3 is 2.00 bits per heavy atom. The Morgan fingerprint density at radius 1 is 0.809 bits per heavy atom. The average molecular weight is 630 g/mol. The molecule has 0 bridgehead atoms. The van der Waals surface area contributed by atoms with Crippen LogP contribution in [0.1, 0.15) is 88.1 Å². The third-order valence-electron chi connectivity index (χ3n) is 9.65. The van der Waals surface area contributed by atoms with Crippen molar-refractivity contribution in [3.63, 3.8) is 0 Å². The molecule has 1 fully saturated rings. The lowest BCUT2D eigenvalue weighted by Gasteiger charge is -2.28. The summed E-state index contributed by atoms with van der Waals surface area (Å²) in [7, 11) is 0. The van der Waals surface area contributed by atoms with Gasteiger partial charge in [-0.25, -0.2) is 4.79 Å². The van der Waals surface area contributed by atoms with E-state index in [1.54, 1.807) is 6.92 Å². The number of aryl methyl sites for hydroxylation is 1. The summed E-state index contributed by atoms with van der Waals surface area (Å²) >= 11 is 0. The number of carbonyl (C=O) groups is 1. The second-order valence-corrected chi connectivity index (χ2v) is 12.7. The second kappa shape index (κ2) is 15.5. The van der Waals surface area contributed by atoms with Crippen molar-refractivity contribution < 1.29 is 9.53 Å². The molecule has 5 nitrogen and oxygen atoms in total. The van der Waals surface area contributed by atoms with Crippen molar-refractivity contribution in [2.24, 2.45) is 4.99 Å². The number of benzene rings is 3. The van der Waals surface area contributed by atoms with Gasteiger partial charge in [-0.1, -0.05) is 55.1 Å². The van der Waals surface area contributed by atoms with E-state index in [-0.39, 0.29) is 18.1 Å². The fourth-order valence-electron chi connectivity index (χ4n) is 6.95. The standard InChI is InChI=1S/C42H51N3O2/c1-8-44(9-2)33-20-16-31(17-21-33)41(36-25-22-34(28-30(36)7)45(10-3)11-4)39-26-27-40(38-15-13-12-14-37(38)39)43-32-18-23-35(24-19-32)47-42(46)29(5)6/h12-17,20-22,25-28,32,35H,5,8-11,18-19,23-24H2,1-4,6-7H3/b41-39-,43-40?. The maximum Gasteiger partial charge on any atom is 0.333 e. The highest BCUT2D eigenvalue weighted by Crippen LogP contribution is 2.40. The van der Waals surface area contributed by atoms with Crippen LogP contribution in [0.25, 0.3) is 11.1 Å². The van der Waals surface area contributed by atoms with E-state index in [2.05, 4.69) is 130 Å². The van der Waals surface area contributed by atoms with Gasteiger partial charge in [-0.15, -0.1) is 0 Å². The van der Waals surface area contributed by atoms with Crippen LogP contribution in [0.2, 0.25) is 0 Å². The van der Waals surface area contributed by atoms with Crippen LogP contribution in [0.15, 0.2) is 96.0 Å². The molecule has 0 aromatic heterocycles. The zero-order valence-electron chi connectivity index (χ0n) is 29.2. The normalized spacial score (nSPS) is 19.2. The summed E-state index contributed by atoms with van der Waals surface area (Å²) < 4.78 is 5.64. The summed E-state index contributed by atoms with van der Waals surface area (Å²) in [6.07, 6.45) is 7.88. The molecule has 0 heterocycles. The number of hydrogen-bond acceptors (Lipinski definition) is 5. The Morgan fingerprint density at radius 2 is 1.40 bits per heavy atom. The lowest BCUT2D eigenvalue weighted by Crippen LogP contribution is -2.27. The molecule has 0 unspecified atom stereocenters. The maximum absolute atomic E-state index is 12.0. The third-order valence-corrected chi connectivity index (χ3v) is 9.65. The fourth-order valence-corrected chi connectivity index (χ4v) is 6.95. The highest BCUT2D eigenvalue weighted by molar-refractivity contribution is 6.19. The Kier molecular flexibility index (Phi) is 11.2. The average Bonchev–Trinajstić information content (AvgIpc) is 3.09. The first-order valence-corrected chi connectivity index (χ1v) is 17.5. The van der Waals surface area contributed by atoms with Gasteiger partial charge in [0, 0.05) is 48.7 Å². The predicted octanol–water partition coefficient (Wildman–Crippen LogP) is 9.44. The van der Waals surface area contributed by atoms with E-state index in [4.69, 9.17) is 9.73 Å². The molecular formula is C42H51N3O2. The fraction of sp³-hybridized carbons (Fsp3) is 0.381. The topological polar surface area (TPSA) is 45.1 Å². The molecule has 47 heavy (non-hydrogen) atoms. The van der Waals surface area contributed by atoms with Crippen molar-refractivity contribution >= 4 is 34.2 Å². The van der Waals surface area contributed by atoms with Gasteiger partial charge < -0.3 is 14.5 Å². The van der Waals surface area contributed by atoms with Crippen LogP contribution < -0.4 is 9.80 Å². The molecule has 0 saturated heterocycles. The van der Waals surface area contributed by atoms with E-state index in [1.807, 2.05) is 0 Å². The number of esters is 1. The number of anilines is 2. The van der Waals surface area contributed by atoms with Crippen molar-refractivity contribution in [1.29, 1.82) is 0 Å². The van der Waals surface area contributed by atoms with Gasteiger partial charge in [0.15, 0.2) is 0 Å². The highest BCUT2D eigenvalue weighted by Gasteiger charge is 2.26. The number of fused-ring (bicyclic) bond motifs is 1. The summed E-state index contributed by atoms with van der Waals surface area (Å²) in [5, 5.41) is 0. The number of nitrogens with zero attached hydrogens (tertiary/aromatic N) is 3. The smallest absolute Gasteiger partial charge is 0.333 e. The Hall–Kier alpha value is -4.38. The van der Waals surface area contributed by atoms with Gasteiger partial charge in [-0.2, -0.15) is 0 Å². The predicted molar refractivity (Wildman–Crippen MR) is 200 cm³/mol. The molecule has 2 aliphatic rings. The SMILES string of the molecule is C=C(C)C(=O)OC1CCC(N=C2C=C/C(=C(\c3ccc(N(CC)CC)cc3)c3ccc(N(CC)CC)cc3C)c3ccccc32)CC1. The first kappa shape index (κ1) is 34.0. The second-order valence-electron chi connectivity index (χ2n) is 12.7. The zero-order chi connectivity index (χ0) is 33.5. The Balaban J connectivity index is 1.56. The zero-order valence-corrected chi connectivity index (χ0v) is 29.2. The first-order valence-electron chi connectivity index (χ1n) is 17.5. The Labute approximate surface area is 282 Å². The first-order chi connectivity index (χ1) is 22.8. The number of rotatable bonds is 11. The van der Waals surface area contributed by atoms with Gasteiger partial charge in [0.25, 0.3) is 0 Å². The molecule has 0 amide bonds. The molecule has 0 N–H and O–H groups in total. The van der Waals surface area contributed by atoms with Gasteiger partial charge in [-0.3, -0.25) is 4.99 Å². The number of allylic oxidation sites excluding steroid dienone is 3. The van der Waals surface area contributed by atoms with Crippen molar-refractivity contribution in [3.05, 3.63) is 119 Å². The molecule has 2 aliphatic carbocycles. The summed E-state index contributed by atoms with van der Waals surface area (Å²) in [5.41, 5.74) is 12.5. The molecule has 5 rings (SSSR count). The van der Waals surface area contributed by atoms with Crippen LogP contribution in [0.4, 0.5) is 11.4 Å². The van der Waals surface area contributed by atoms with Crippen LogP contribution in [0.3, 0.4) is 0 Å². The van der Waals surface area contributed by atoms with E-state index >= 15 is 0 Å². The molecule has 1 saturated carbocycles. The minimum Gasteiger partial charge on any atom is -0.459 e.